The molecule has 2 aromatic carbocycles. The summed E-state index contributed by atoms with van der Waals surface area (Å²) in [5, 5.41) is 0. The Hall–Kier alpha value is -3.19. The molecule has 0 fully saturated rings. The van der Waals surface area contributed by atoms with E-state index in [0.717, 1.165) is 0 Å². The number of benzene rings is 2. The van der Waals surface area contributed by atoms with Crippen molar-refractivity contribution in [2.75, 3.05) is 14.2 Å². The molecular formula is C25H24O7. The van der Waals surface area contributed by atoms with Crippen LogP contribution >= 0.6 is 0 Å². The highest BCUT2D eigenvalue weighted by molar-refractivity contribution is 6.31. The molecule has 0 N–H and O–H groups in total. The molecule has 0 saturated heterocycles. The maximum atomic E-state index is 13.8. The van der Waals surface area contributed by atoms with Crippen molar-refractivity contribution in [1.82, 2.24) is 0 Å². The molecule has 0 amide bonds. The topological polar surface area (TPSA) is 88.1 Å². The molecule has 0 spiro atoms. The second kappa shape index (κ2) is 6.90. The number of rotatable bonds is 3. The largest absolute Gasteiger partial charge is 0.496 e. The summed E-state index contributed by atoms with van der Waals surface area (Å²) >= 11 is 0. The van der Waals surface area contributed by atoms with Crippen LogP contribution in [0.3, 0.4) is 0 Å². The van der Waals surface area contributed by atoms with E-state index < -0.39 is 11.9 Å². The second-order valence-corrected chi connectivity index (χ2v) is 8.90. The normalized spacial score (nSPS) is 22.3. The maximum Gasteiger partial charge on any atom is 0.205 e. The number of carbonyl (C=O) groups excluding carboxylic acids is 3. The summed E-state index contributed by atoms with van der Waals surface area (Å²) < 4.78 is 23.5. The summed E-state index contributed by atoms with van der Waals surface area (Å²) in [7, 11) is 2.93. The Bertz CT molecular complexity index is 1210. The van der Waals surface area contributed by atoms with Gasteiger partial charge in [-0.05, 0) is 25.8 Å². The van der Waals surface area contributed by atoms with Crippen molar-refractivity contribution in [3.8, 4) is 17.2 Å². The first-order valence-electron chi connectivity index (χ1n) is 10.6. The van der Waals surface area contributed by atoms with Gasteiger partial charge in [0.15, 0.2) is 5.78 Å². The lowest BCUT2D eigenvalue weighted by Crippen LogP contribution is -2.42. The molecule has 0 unspecified atom stereocenters. The molecule has 7 heteroatoms. The first-order chi connectivity index (χ1) is 15.2. The second-order valence-electron chi connectivity index (χ2n) is 8.90. The van der Waals surface area contributed by atoms with Crippen LogP contribution in [0.5, 0.6) is 17.2 Å². The van der Waals surface area contributed by atoms with Crippen LogP contribution in [0.4, 0.5) is 0 Å². The lowest BCUT2D eigenvalue weighted by atomic mass is 9.73. The summed E-state index contributed by atoms with van der Waals surface area (Å²) in [5.74, 6) is -0.977. The van der Waals surface area contributed by atoms with Crippen molar-refractivity contribution in [2.45, 2.75) is 45.5 Å². The van der Waals surface area contributed by atoms with Crippen molar-refractivity contribution >= 4 is 17.3 Å². The summed E-state index contributed by atoms with van der Waals surface area (Å²) in [4.78, 5) is 39.8. The zero-order chi connectivity index (χ0) is 22.9. The van der Waals surface area contributed by atoms with Gasteiger partial charge in [-0.2, -0.15) is 0 Å². The van der Waals surface area contributed by atoms with E-state index in [-0.39, 0.29) is 45.5 Å². The number of hydrogen-bond donors (Lipinski definition) is 0. The molecule has 2 aromatic rings. The van der Waals surface area contributed by atoms with Crippen LogP contribution in [0.1, 0.15) is 76.3 Å². The number of Topliss-reactive ketones (excluding diaryl/α,β-unsaturated/α-hetero) is 1. The van der Waals surface area contributed by atoms with E-state index in [1.54, 1.807) is 39.0 Å². The molecule has 5 rings (SSSR count). The molecule has 0 aromatic heterocycles. The van der Waals surface area contributed by atoms with Crippen molar-refractivity contribution in [3.05, 3.63) is 51.6 Å². The minimum absolute atomic E-state index is 0.0438. The van der Waals surface area contributed by atoms with E-state index in [1.807, 2.05) is 0 Å². The smallest absolute Gasteiger partial charge is 0.205 e. The molecule has 0 saturated carbocycles. The van der Waals surface area contributed by atoms with Gasteiger partial charge in [-0.15, -0.1) is 0 Å². The Balaban J connectivity index is 1.87. The summed E-state index contributed by atoms with van der Waals surface area (Å²) in [6, 6.07) is 4.95. The van der Waals surface area contributed by atoms with Gasteiger partial charge in [-0.25, -0.2) is 0 Å². The average molecular weight is 436 g/mol. The van der Waals surface area contributed by atoms with Crippen molar-refractivity contribution < 1.29 is 33.3 Å². The summed E-state index contributed by atoms with van der Waals surface area (Å²) in [6.07, 6.45) is 0.420. The Kier molecular flexibility index (Phi) is 4.47. The highest BCUT2D eigenvalue weighted by Crippen LogP contribution is 2.55. The van der Waals surface area contributed by atoms with Gasteiger partial charge in [0.1, 0.15) is 23.0 Å². The predicted octanol–water partition coefficient (Wildman–Crippen LogP) is 3.82. The first-order valence-corrected chi connectivity index (χ1v) is 10.6. The molecule has 1 aliphatic heterocycles. The van der Waals surface area contributed by atoms with E-state index in [4.69, 9.17) is 18.9 Å². The van der Waals surface area contributed by atoms with Gasteiger partial charge < -0.3 is 18.9 Å². The minimum Gasteiger partial charge on any atom is -0.496 e. The van der Waals surface area contributed by atoms with Crippen LogP contribution in [0.2, 0.25) is 0 Å². The number of ketones is 3. The average Bonchev–Trinajstić information content (AvgIpc) is 2.75. The third-order valence-electron chi connectivity index (χ3n) is 6.54. The Morgan fingerprint density at radius 3 is 2.47 bits per heavy atom. The number of methoxy groups -OCH3 is 2. The molecule has 3 aliphatic rings. The van der Waals surface area contributed by atoms with Gasteiger partial charge >= 0.3 is 0 Å². The highest BCUT2D eigenvalue weighted by atomic mass is 16.7. The molecule has 7 nitrogen and oxygen atoms in total. The van der Waals surface area contributed by atoms with Gasteiger partial charge in [0.05, 0.1) is 37.0 Å². The van der Waals surface area contributed by atoms with Gasteiger partial charge in [0, 0.05) is 36.5 Å². The SMILES string of the molecule is COc1cccc2c1C(=O)c1c3c4c(c(OC)c1C2=O)C[C@@H](C(C)=O)C[C@@H]4OC(C)(C)O3. The van der Waals surface area contributed by atoms with E-state index in [0.29, 0.717) is 41.2 Å². The van der Waals surface area contributed by atoms with E-state index in [9.17, 15) is 14.4 Å². The lowest BCUT2D eigenvalue weighted by molar-refractivity contribution is -0.213. The number of fused-ring (bicyclic) bond motifs is 3. The van der Waals surface area contributed by atoms with Crippen molar-refractivity contribution in [3.63, 3.8) is 0 Å². The van der Waals surface area contributed by atoms with Gasteiger partial charge in [0.2, 0.25) is 11.6 Å². The fourth-order valence-corrected chi connectivity index (χ4v) is 5.20. The van der Waals surface area contributed by atoms with Crippen molar-refractivity contribution in [2.24, 2.45) is 5.92 Å². The predicted molar refractivity (Wildman–Crippen MR) is 114 cm³/mol. The lowest BCUT2D eigenvalue weighted by Gasteiger charge is -2.44. The Morgan fingerprint density at radius 1 is 1.06 bits per heavy atom. The minimum atomic E-state index is -1.04. The first kappa shape index (κ1) is 20.7. The third-order valence-corrected chi connectivity index (χ3v) is 6.54. The van der Waals surface area contributed by atoms with E-state index in [1.165, 1.54) is 14.2 Å². The van der Waals surface area contributed by atoms with E-state index in [2.05, 4.69) is 0 Å². The fourth-order valence-electron chi connectivity index (χ4n) is 5.20. The third kappa shape index (κ3) is 2.73. The molecule has 32 heavy (non-hydrogen) atoms. The zero-order valence-electron chi connectivity index (χ0n) is 18.7. The van der Waals surface area contributed by atoms with Crippen LogP contribution in [-0.2, 0) is 16.0 Å². The van der Waals surface area contributed by atoms with Gasteiger partial charge in [-0.3, -0.25) is 14.4 Å². The summed E-state index contributed by atoms with van der Waals surface area (Å²) in [6.45, 7) is 5.07. The molecule has 166 valence electrons. The number of ether oxygens (including phenoxy) is 4. The maximum absolute atomic E-state index is 13.8. The number of hydrogen-bond acceptors (Lipinski definition) is 7. The monoisotopic (exact) mass is 436 g/mol. The highest BCUT2D eigenvalue weighted by Gasteiger charge is 2.48. The standard InChI is InChI=1S/C25H24O7/c1-11(26)12-9-14-18-16(10-12)31-25(2,3)32-24(18)20-19(23(14)30-5)21(27)13-7-6-8-15(29-4)17(13)22(20)28/h6-8,12,16H,9-10H2,1-5H3/t12-,16+/m1/s1. The Morgan fingerprint density at radius 2 is 1.81 bits per heavy atom. The number of carbonyl (C=O) groups is 3. The van der Waals surface area contributed by atoms with Crippen LogP contribution in [0.15, 0.2) is 18.2 Å². The van der Waals surface area contributed by atoms with Crippen LogP contribution in [0, 0.1) is 5.92 Å². The molecule has 0 bridgehead atoms. The van der Waals surface area contributed by atoms with E-state index >= 15 is 0 Å². The molecule has 1 heterocycles. The van der Waals surface area contributed by atoms with Crippen LogP contribution < -0.4 is 14.2 Å². The fraction of sp³-hybridized carbons (Fsp3) is 0.400. The Labute approximate surface area is 185 Å². The van der Waals surface area contributed by atoms with Crippen molar-refractivity contribution in [1.29, 1.82) is 0 Å². The van der Waals surface area contributed by atoms with Crippen LogP contribution in [-0.4, -0.2) is 37.4 Å². The molecular weight excluding hydrogens is 412 g/mol. The van der Waals surface area contributed by atoms with Gasteiger partial charge in [-0.1, -0.05) is 12.1 Å². The quantitative estimate of drug-likeness (QED) is 0.617. The molecule has 2 aliphatic carbocycles. The van der Waals surface area contributed by atoms with Crippen LogP contribution in [0.25, 0.3) is 0 Å². The summed E-state index contributed by atoms with van der Waals surface area (Å²) in [5.41, 5.74) is 2.21. The zero-order valence-corrected chi connectivity index (χ0v) is 18.7. The van der Waals surface area contributed by atoms with Gasteiger partial charge in [0.25, 0.3) is 0 Å². The molecule has 2 atom stereocenters. The molecule has 0 radical (unpaired) electrons.